The number of benzene rings is 7. The van der Waals surface area contributed by atoms with Crippen molar-refractivity contribution in [3.05, 3.63) is 134 Å². The van der Waals surface area contributed by atoms with E-state index < -0.39 is 0 Å². The Morgan fingerprint density at radius 3 is 1.73 bits per heavy atom. The van der Waals surface area contributed by atoms with Crippen molar-refractivity contribution in [2.24, 2.45) is 0 Å². The molecule has 2 aromatic heterocycles. The minimum atomic E-state index is 0.948. The van der Waals surface area contributed by atoms with Crippen LogP contribution in [0, 0.1) is 0 Å². The summed E-state index contributed by atoms with van der Waals surface area (Å²) in [5.41, 5.74) is 5.88. The molecule has 0 aliphatic rings. The molecule has 2 heteroatoms. The van der Waals surface area contributed by atoms with Gasteiger partial charge < -0.3 is 4.42 Å². The maximum absolute atomic E-state index is 6.30. The zero-order valence-electron chi connectivity index (χ0n) is 21.5. The first-order chi connectivity index (χ1) is 19.9. The average Bonchev–Trinajstić information content (AvgIpc) is 3.64. The summed E-state index contributed by atoms with van der Waals surface area (Å²) < 4.78 is 8.90. The number of hydrogen-bond acceptors (Lipinski definition) is 2. The Morgan fingerprint density at radius 2 is 1.00 bits per heavy atom. The molecule has 1 nitrogen and oxygen atoms in total. The summed E-state index contributed by atoms with van der Waals surface area (Å²) in [5.74, 6) is 0. The van der Waals surface area contributed by atoms with Crippen LogP contribution in [0.5, 0.6) is 0 Å². The van der Waals surface area contributed by atoms with Gasteiger partial charge in [0.05, 0.1) is 6.26 Å². The number of furan rings is 1. The zero-order valence-corrected chi connectivity index (χ0v) is 22.3. The van der Waals surface area contributed by atoms with Gasteiger partial charge in [-0.25, -0.2) is 0 Å². The van der Waals surface area contributed by atoms with Crippen LogP contribution < -0.4 is 0 Å². The van der Waals surface area contributed by atoms with Gasteiger partial charge in [0.25, 0.3) is 0 Å². The van der Waals surface area contributed by atoms with Crippen molar-refractivity contribution in [3.8, 4) is 22.3 Å². The topological polar surface area (TPSA) is 13.1 Å². The third-order valence-electron chi connectivity index (χ3n) is 8.34. The largest absolute Gasteiger partial charge is 0.464 e. The second kappa shape index (κ2) is 8.29. The first-order valence-corrected chi connectivity index (χ1v) is 14.4. The Hall–Kier alpha value is -4.92. The lowest BCUT2D eigenvalue weighted by Crippen LogP contribution is -1.92. The quantitative estimate of drug-likeness (QED) is 0.204. The van der Waals surface area contributed by atoms with Gasteiger partial charge in [-0.2, -0.15) is 0 Å². The van der Waals surface area contributed by atoms with Crippen molar-refractivity contribution in [3.63, 3.8) is 0 Å². The molecule has 0 aliphatic heterocycles. The van der Waals surface area contributed by atoms with Crippen molar-refractivity contribution in [1.29, 1.82) is 0 Å². The van der Waals surface area contributed by atoms with Gasteiger partial charge in [-0.05, 0) is 61.6 Å². The first-order valence-electron chi connectivity index (χ1n) is 13.6. The van der Waals surface area contributed by atoms with Gasteiger partial charge in [-0.15, -0.1) is 11.3 Å². The maximum atomic E-state index is 6.30. The highest BCUT2D eigenvalue weighted by atomic mass is 32.1. The van der Waals surface area contributed by atoms with Crippen molar-refractivity contribution in [2.75, 3.05) is 0 Å². The van der Waals surface area contributed by atoms with Gasteiger partial charge in [0.1, 0.15) is 5.58 Å². The van der Waals surface area contributed by atoms with Gasteiger partial charge in [0.15, 0.2) is 0 Å². The van der Waals surface area contributed by atoms with Crippen LogP contribution in [-0.2, 0) is 0 Å². The second-order valence-electron chi connectivity index (χ2n) is 10.4. The SMILES string of the molecule is c1ccc2c(-c3c4ccccc4c(-c4cc5sc6ccccc6c5c5ccoc45)c4ccccc34)cccc2c1. The van der Waals surface area contributed by atoms with E-state index in [-0.39, 0.29) is 0 Å². The van der Waals surface area contributed by atoms with Gasteiger partial charge in [-0.1, -0.05) is 109 Å². The maximum Gasteiger partial charge on any atom is 0.142 e. The smallest absolute Gasteiger partial charge is 0.142 e. The summed E-state index contributed by atoms with van der Waals surface area (Å²) in [6.07, 6.45) is 1.84. The molecule has 0 fully saturated rings. The Balaban J connectivity index is 1.48. The van der Waals surface area contributed by atoms with Gasteiger partial charge in [-0.3, -0.25) is 0 Å². The van der Waals surface area contributed by atoms with E-state index in [9.17, 15) is 0 Å². The van der Waals surface area contributed by atoms with E-state index in [1.165, 1.54) is 74.6 Å². The molecule has 9 rings (SSSR count). The van der Waals surface area contributed by atoms with Gasteiger partial charge >= 0.3 is 0 Å². The minimum absolute atomic E-state index is 0.948. The molecule has 2 heterocycles. The Kier molecular flexibility index (Phi) is 4.55. The lowest BCUT2D eigenvalue weighted by atomic mass is 9.84. The normalized spacial score (nSPS) is 12.0. The fraction of sp³-hybridized carbons (Fsp3) is 0. The molecule has 0 atom stereocenters. The van der Waals surface area contributed by atoms with Crippen molar-refractivity contribution in [2.45, 2.75) is 0 Å². The van der Waals surface area contributed by atoms with Gasteiger partial charge in [0, 0.05) is 36.7 Å². The number of rotatable bonds is 2. The molecule has 0 unspecified atom stereocenters. The predicted molar refractivity (Wildman–Crippen MR) is 172 cm³/mol. The van der Waals surface area contributed by atoms with Crippen LogP contribution in [0.25, 0.3) is 85.7 Å². The fourth-order valence-electron chi connectivity index (χ4n) is 6.69. The number of fused-ring (bicyclic) bond motifs is 8. The van der Waals surface area contributed by atoms with Crippen molar-refractivity contribution >= 4 is 74.8 Å². The molecule has 40 heavy (non-hydrogen) atoms. The third kappa shape index (κ3) is 2.97. The van der Waals surface area contributed by atoms with E-state index in [0.717, 1.165) is 11.1 Å². The summed E-state index contributed by atoms with van der Waals surface area (Å²) in [6, 6.07) is 46.3. The summed E-state index contributed by atoms with van der Waals surface area (Å²) in [6.45, 7) is 0. The lowest BCUT2D eigenvalue weighted by molar-refractivity contribution is 0.617. The van der Waals surface area contributed by atoms with Crippen LogP contribution in [0.1, 0.15) is 0 Å². The van der Waals surface area contributed by atoms with Crippen LogP contribution in [0.2, 0.25) is 0 Å². The molecule has 7 aromatic carbocycles. The highest BCUT2D eigenvalue weighted by Crippen LogP contribution is 2.49. The highest BCUT2D eigenvalue weighted by molar-refractivity contribution is 7.26. The second-order valence-corrected chi connectivity index (χ2v) is 11.5. The summed E-state index contributed by atoms with van der Waals surface area (Å²) in [4.78, 5) is 0. The summed E-state index contributed by atoms with van der Waals surface area (Å²) in [5, 5.41) is 11.3. The standard InChI is InChI=1S/C38H22OS/c1-2-12-24-23(10-1)11-9-18-25(24)35-26-13-3-5-15-28(26)36(29-16-6-4-14-27(29)35)32-22-34-37(31-20-21-39-38(31)32)30-17-7-8-19-33(30)40-34/h1-22H. The van der Waals surface area contributed by atoms with Crippen LogP contribution in [0.15, 0.2) is 138 Å². The summed E-state index contributed by atoms with van der Waals surface area (Å²) >= 11 is 1.86. The highest BCUT2D eigenvalue weighted by Gasteiger charge is 2.22. The molecule has 0 spiro atoms. The fourth-order valence-corrected chi connectivity index (χ4v) is 7.86. The molecule has 0 radical (unpaired) electrons. The van der Waals surface area contributed by atoms with E-state index in [4.69, 9.17) is 4.42 Å². The van der Waals surface area contributed by atoms with Gasteiger partial charge in [0.2, 0.25) is 0 Å². The van der Waals surface area contributed by atoms with Crippen molar-refractivity contribution < 1.29 is 4.42 Å². The van der Waals surface area contributed by atoms with Crippen LogP contribution in [-0.4, -0.2) is 0 Å². The van der Waals surface area contributed by atoms with E-state index in [0.29, 0.717) is 0 Å². The molecule has 0 N–H and O–H groups in total. The Bertz CT molecular complexity index is 2380. The van der Waals surface area contributed by atoms with E-state index in [2.05, 4.69) is 127 Å². The van der Waals surface area contributed by atoms with Crippen LogP contribution >= 0.6 is 11.3 Å². The monoisotopic (exact) mass is 526 g/mol. The third-order valence-corrected chi connectivity index (χ3v) is 9.45. The number of thiophene rings is 1. The molecular weight excluding hydrogens is 504 g/mol. The van der Waals surface area contributed by atoms with Crippen molar-refractivity contribution in [1.82, 2.24) is 0 Å². The predicted octanol–water partition coefficient (Wildman–Crippen LogP) is 11.6. The summed E-state index contributed by atoms with van der Waals surface area (Å²) in [7, 11) is 0. The molecule has 0 aliphatic carbocycles. The average molecular weight is 527 g/mol. The minimum Gasteiger partial charge on any atom is -0.464 e. The molecule has 0 amide bonds. The Morgan fingerprint density at radius 1 is 0.425 bits per heavy atom. The zero-order chi connectivity index (χ0) is 26.2. The molecule has 0 bridgehead atoms. The number of hydrogen-bond donors (Lipinski definition) is 0. The van der Waals surface area contributed by atoms with Crippen LogP contribution in [0.4, 0.5) is 0 Å². The first kappa shape index (κ1) is 22.0. The van der Waals surface area contributed by atoms with E-state index >= 15 is 0 Å². The lowest BCUT2D eigenvalue weighted by Gasteiger charge is -2.19. The Labute approximate surface area is 234 Å². The van der Waals surface area contributed by atoms with E-state index in [1.54, 1.807) is 0 Å². The van der Waals surface area contributed by atoms with E-state index in [1.807, 2.05) is 17.6 Å². The van der Waals surface area contributed by atoms with Crippen LogP contribution in [0.3, 0.4) is 0 Å². The molecule has 186 valence electrons. The molecular formula is C38H22OS. The molecule has 9 aromatic rings. The molecule has 0 saturated heterocycles. The molecule has 0 saturated carbocycles.